The lowest BCUT2D eigenvalue weighted by atomic mass is 10.2. The van der Waals surface area contributed by atoms with Crippen LogP contribution in [0.4, 0.5) is 15.8 Å². The molecule has 0 atom stereocenters. The third-order valence-corrected chi connectivity index (χ3v) is 3.45. The molecule has 0 unspecified atom stereocenters. The van der Waals surface area contributed by atoms with E-state index >= 15 is 0 Å². The van der Waals surface area contributed by atoms with Gasteiger partial charge < -0.3 is 11.1 Å². The molecule has 112 valence electrons. The second-order valence-electron chi connectivity index (χ2n) is 4.69. The molecule has 0 saturated carbocycles. The van der Waals surface area contributed by atoms with E-state index in [1.807, 2.05) is 6.92 Å². The summed E-state index contributed by atoms with van der Waals surface area (Å²) in [6, 6.07) is 4.06. The number of aromatic nitrogens is 2. The van der Waals surface area contributed by atoms with Crippen molar-refractivity contribution in [1.82, 2.24) is 9.78 Å². The van der Waals surface area contributed by atoms with Crippen LogP contribution in [-0.4, -0.2) is 15.7 Å². The molecule has 0 spiro atoms. The number of aryl methyl sites for hydroxylation is 1. The highest BCUT2D eigenvalue weighted by atomic mass is 35.5. The van der Waals surface area contributed by atoms with E-state index in [2.05, 4.69) is 10.4 Å². The van der Waals surface area contributed by atoms with E-state index < -0.39 is 5.82 Å². The van der Waals surface area contributed by atoms with Gasteiger partial charge in [0, 0.05) is 18.7 Å². The molecule has 1 heterocycles. The van der Waals surface area contributed by atoms with Crippen molar-refractivity contribution in [2.75, 3.05) is 11.1 Å². The molecule has 0 aliphatic rings. The van der Waals surface area contributed by atoms with E-state index in [0.717, 1.165) is 5.69 Å². The number of rotatable bonds is 5. The van der Waals surface area contributed by atoms with Crippen LogP contribution in [0.1, 0.15) is 18.5 Å². The van der Waals surface area contributed by atoms with Gasteiger partial charge in [0.05, 0.1) is 22.6 Å². The average molecular weight is 311 g/mol. The molecule has 0 aliphatic carbocycles. The second-order valence-corrected chi connectivity index (χ2v) is 5.10. The minimum Gasteiger partial charge on any atom is -0.399 e. The van der Waals surface area contributed by atoms with Gasteiger partial charge in [-0.3, -0.25) is 9.48 Å². The minimum atomic E-state index is -0.507. The zero-order chi connectivity index (χ0) is 15.4. The highest BCUT2D eigenvalue weighted by Crippen LogP contribution is 2.18. The standard InChI is InChI=1S/C14H16ClFN4O/c1-9-11(15)8-18-20(9)6-2-3-14(21)19-13-7-10(17)4-5-12(13)16/h4-5,7-8H,2-3,6,17H2,1H3,(H,19,21). The summed E-state index contributed by atoms with van der Waals surface area (Å²) >= 11 is 5.89. The van der Waals surface area contributed by atoms with Gasteiger partial charge in [-0.1, -0.05) is 11.6 Å². The Labute approximate surface area is 126 Å². The number of halogens is 2. The molecule has 2 rings (SSSR count). The Balaban J connectivity index is 1.85. The van der Waals surface area contributed by atoms with Crippen LogP contribution in [0.15, 0.2) is 24.4 Å². The number of anilines is 2. The largest absolute Gasteiger partial charge is 0.399 e. The van der Waals surface area contributed by atoms with E-state index in [1.165, 1.54) is 18.2 Å². The molecule has 0 radical (unpaired) electrons. The van der Waals surface area contributed by atoms with Crippen molar-refractivity contribution in [1.29, 1.82) is 0 Å². The molecule has 3 N–H and O–H groups in total. The van der Waals surface area contributed by atoms with Crippen LogP contribution in [0.2, 0.25) is 5.02 Å². The number of benzene rings is 1. The van der Waals surface area contributed by atoms with Gasteiger partial charge in [-0.15, -0.1) is 0 Å². The summed E-state index contributed by atoms with van der Waals surface area (Å²) in [6.45, 7) is 2.43. The summed E-state index contributed by atoms with van der Waals surface area (Å²) in [5.74, 6) is -0.775. The van der Waals surface area contributed by atoms with Crippen molar-refractivity contribution >= 4 is 28.9 Å². The summed E-state index contributed by atoms with van der Waals surface area (Å²) in [7, 11) is 0. The quantitative estimate of drug-likeness (QED) is 0.834. The van der Waals surface area contributed by atoms with Gasteiger partial charge >= 0.3 is 0 Å². The summed E-state index contributed by atoms with van der Waals surface area (Å²) < 4.78 is 15.2. The number of amides is 1. The zero-order valence-electron chi connectivity index (χ0n) is 11.6. The van der Waals surface area contributed by atoms with Crippen molar-refractivity contribution < 1.29 is 9.18 Å². The Kier molecular flexibility index (Phi) is 4.80. The summed E-state index contributed by atoms with van der Waals surface area (Å²) in [4.78, 5) is 11.8. The maximum Gasteiger partial charge on any atom is 0.224 e. The first kappa shape index (κ1) is 15.3. The van der Waals surface area contributed by atoms with Crippen molar-refractivity contribution in [3.05, 3.63) is 40.9 Å². The molecule has 0 saturated heterocycles. The first-order valence-electron chi connectivity index (χ1n) is 6.50. The van der Waals surface area contributed by atoms with E-state index in [1.54, 1.807) is 10.9 Å². The third-order valence-electron chi connectivity index (χ3n) is 3.08. The summed E-state index contributed by atoms with van der Waals surface area (Å²) in [5, 5.41) is 7.20. The number of nitrogen functional groups attached to an aromatic ring is 1. The van der Waals surface area contributed by atoms with Gasteiger partial charge in [0.1, 0.15) is 5.82 Å². The Morgan fingerprint density at radius 3 is 2.95 bits per heavy atom. The molecule has 1 aromatic heterocycles. The molecule has 7 heteroatoms. The van der Waals surface area contributed by atoms with Crippen LogP contribution >= 0.6 is 11.6 Å². The Morgan fingerprint density at radius 2 is 2.29 bits per heavy atom. The number of carbonyl (C=O) groups excluding carboxylic acids is 1. The van der Waals surface area contributed by atoms with Crippen LogP contribution in [-0.2, 0) is 11.3 Å². The van der Waals surface area contributed by atoms with Gasteiger partial charge in [-0.25, -0.2) is 4.39 Å². The van der Waals surface area contributed by atoms with Crippen LogP contribution in [0.3, 0.4) is 0 Å². The van der Waals surface area contributed by atoms with Crippen molar-refractivity contribution in [3.63, 3.8) is 0 Å². The molecular weight excluding hydrogens is 295 g/mol. The lowest BCUT2D eigenvalue weighted by Gasteiger charge is -2.08. The normalized spacial score (nSPS) is 10.6. The predicted octanol–water partition coefficient (Wildman–Crippen LogP) is 2.99. The van der Waals surface area contributed by atoms with E-state index in [0.29, 0.717) is 23.7 Å². The molecule has 5 nitrogen and oxygen atoms in total. The van der Waals surface area contributed by atoms with Gasteiger partial charge in [-0.2, -0.15) is 5.10 Å². The molecule has 1 amide bonds. The fraction of sp³-hybridized carbons (Fsp3) is 0.286. The van der Waals surface area contributed by atoms with Gasteiger partial charge in [0.25, 0.3) is 0 Å². The van der Waals surface area contributed by atoms with Gasteiger partial charge in [-0.05, 0) is 31.5 Å². The SMILES string of the molecule is Cc1c(Cl)cnn1CCCC(=O)Nc1cc(N)ccc1F. The number of nitrogens with zero attached hydrogens (tertiary/aromatic N) is 2. The number of nitrogens with one attached hydrogen (secondary N) is 1. The molecular formula is C14H16ClFN4O. The number of nitrogens with two attached hydrogens (primary N) is 1. The van der Waals surface area contributed by atoms with Gasteiger partial charge in [0.2, 0.25) is 5.91 Å². The molecule has 0 aliphatic heterocycles. The van der Waals surface area contributed by atoms with Crippen LogP contribution < -0.4 is 11.1 Å². The van der Waals surface area contributed by atoms with Crippen LogP contribution in [0, 0.1) is 12.7 Å². The predicted molar refractivity (Wildman–Crippen MR) is 80.7 cm³/mol. The lowest BCUT2D eigenvalue weighted by Crippen LogP contribution is -2.14. The van der Waals surface area contributed by atoms with Crippen molar-refractivity contribution in [3.8, 4) is 0 Å². The highest BCUT2D eigenvalue weighted by molar-refractivity contribution is 6.31. The summed E-state index contributed by atoms with van der Waals surface area (Å²) in [5.41, 5.74) is 6.91. The van der Waals surface area contributed by atoms with Crippen molar-refractivity contribution in [2.24, 2.45) is 0 Å². The van der Waals surface area contributed by atoms with Crippen LogP contribution in [0.5, 0.6) is 0 Å². The number of hydrogen-bond acceptors (Lipinski definition) is 3. The second kappa shape index (κ2) is 6.58. The topological polar surface area (TPSA) is 72.9 Å². The minimum absolute atomic E-state index is 0.0957. The highest BCUT2D eigenvalue weighted by Gasteiger charge is 2.08. The third kappa shape index (κ3) is 3.95. The van der Waals surface area contributed by atoms with E-state index in [4.69, 9.17) is 17.3 Å². The maximum absolute atomic E-state index is 13.5. The molecule has 21 heavy (non-hydrogen) atoms. The fourth-order valence-corrected chi connectivity index (χ4v) is 2.03. The van der Waals surface area contributed by atoms with Crippen LogP contribution in [0.25, 0.3) is 0 Å². The first-order chi connectivity index (χ1) is 9.97. The van der Waals surface area contributed by atoms with E-state index in [9.17, 15) is 9.18 Å². The molecule has 1 aromatic carbocycles. The average Bonchev–Trinajstić information content (AvgIpc) is 2.75. The first-order valence-corrected chi connectivity index (χ1v) is 6.88. The van der Waals surface area contributed by atoms with E-state index in [-0.39, 0.29) is 18.0 Å². The Hall–Kier alpha value is -2.08. The smallest absolute Gasteiger partial charge is 0.224 e. The monoisotopic (exact) mass is 310 g/mol. The zero-order valence-corrected chi connectivity index (χ0v) is 12.3. The number of hydrogen-bond donors (Lipinski definition) is 2. The molecule has 2 aromatic rings. The Morgan fingerprint density at radius 1 is 1.52 bits per heavy atom. The maximum atomic E-state index is 13.5. The fourth-order valence-electron chi connectivity index (χ4n) is 1.89. The lowest BCUT2D eigenvalue weighted by molar-refractivity contribution is -0.116. The Bertz CT molecular complexity index is 656. The number of carbonyl (C=O) groups is 1. The summed E-state index contributed by atoms with van der Waals surface area (Å²) in [6.07, 6.45) is 2.40. The molecule has 0 fully saturated rings. The van der Waals surface area contributed by atoms with Gasteiger partial charge in [0.15, 0.2) is 0 Å². The van der Waals surface area contributed by atoms with Crippen molar-refractivity contribution in [2.45, 2.75) is 26.3 Å². The molecule has 0 bridgehead atoms.